The zero-order valence-corrected chi connectivity index (χ0v) is 19.9. The number of fused-ring (bicyclic) bond motifs is 1. The van der Waals surface area contributed by atoms with Crippen molar-refractivity contribution in [2.24, 2.45) is 17.8 Å². The maximum atomic E-state index is 12.9. The number of amides is 3. The van der Waals surface area contributed by atoms with Crippen molar-refractivity contribution in [3.63, 3.8) is 0 Å². The van der Waals surface area contributed by atoms with Gasteiger partial charge in [0.2, 0.25) is 11.8 Å². The Morgan fingerprint density at radius 1 is 1.15 bits per heavy atom. The summed E-state index contributed by atoms with van der Waals surface area (Å²) in [6.07, 6.45) is 4.46. The minimum atomic E-state index is -0.704. The van der Waals surface area contributed by atoms with E-state index in [2.05, 4.69) is 21.2 Å². The second-order valence-corrected chi connectivity index (χ2v) is 9.29. The Hall–Kier alpha value is -2.97. The third kappa shape index (κ3) is 4.72. The minimum absolute atomic E-state index is 0.00196. The fourth-order valence-corrected chi connectivity index (χ4v) is 4.86. The van der Waals surface area contributed by atoms with Crippen molar-refractivity contribution in [2.75, 3.05) is 16.8 Å². The summed E-state index contributed by atoms with van der Waals surface area (Å²) in [6.45, 7) is 1.44. The summed E-state index contributed by atoms with van der Waals surface area (Å²) >= 11 is 9.34. The van der Waals surface area contributed by atoms with Crippen LogP contribution in [0.2, 0.25) is 5.02 Å². The molecule has 0 spiro atoms. The lowest BCUT2D eigenvalue weighted by molar-refractivity contribution is -0.123. The SMILES string of the molecule is C[C@@H]1C=CC[C@@H]2C(=O)N(c3ccc(C(=O)OCC(=O)Nc4ccc(Br)cc4Cl)cc3)C(=O)[C@H]12. The van der Waals surface area contributed by atoms with Gasteiger partial charge in [-0.25, -0.2) is 4.79 Å². The molecule has 33 heavy (non-hydrogen) atoms. The van der Waals surface area contributed by atoms with Crippen LogP contribution in [0.15, 0.2) is 59.1 Å². The van der Waals surface area contributed by atoms with Crippen LogP contribution in [0.25, 0.3) is 0 Å². The smallest absolute Gasteiger partial charge is 0.338 e. The number of allylic oxidation sites excluding steroid dienone is 2. The molecule has 1 fully saturated rings. The van der Waals surface area contributed by atoms with Crippen LogP contribution >= 0.6 is 27.5 Å². The number of nitrogens with one attached hydrogen (secondary N) is 1. The average molecular weight is 532 g/mol. The number of imide groups is 1. The molecule has 1 aliphatic heterocycles. The Balaban J connectivity index is 1.37. The molecule has 1 saturated heterocycles. The molecule has 1 N–H and O–H groups in total. The number of carbonyl (C=O) groups excluding carboxylic acids is 4. The van der Waals surface area contributed by atoms with E-state index in [4.69, 9.17) is 16.3 Å². The molecule has 170 valence electrons. The molecule has 4 rings (SSSR count). The van der Waals surface area contributed by atoms with Crippen LogP contribution in [0.5, 0.6) is 0 Å². The zero-order valence-electron chi connectivity index (χ0n) is 17.6. The van der Waals surface area contributed by atoms with Gasteiger partial charge in [-0.1, -0.05) is 46.6 Å². The van der Waals surface area contributed by atoms with E-state index < -0.39 is 18.5 Å². The molecular weight excluding hydrogens is 512 g/mol. The van der Waals surface area contributed by atoms with Crippen molar-refractivity contribution in [1.29, 1.82) is 0 Å². The second kappa shape index (κ2) is 9.49. The molecule has 0 aromatic heterocycles. The fraction of sp³-hybridized carbons (Fsp3) is 0.250. The monoisotopic (exact) mass is 530 g/mol. The number of esters is 1. The molecule has 2 aromatic carbocycles. The zero-order chi connectivity index (χ0) is 23.7. The average Bonchev–Trinajstić information content (AvgIpc) is 3.05. The standard InChI is InChI=1S/C24H20BrClN2O5/c1-13-3-2-4-17-21(13)23(31)28(22(17)30)16-8-5-14(6-9-16)24(32)33-12-20(29)27-19-10-7-15(25)11-18(19)26/h2-3,5-11,13,17,21H,4,12H2,1H3,(H,27,29)/t13-,17+,21-/m1/s1. The first-order valence-corrected chi connectivity index (χ1v) is 11.5. The van der Waals surface area contributed by atoms with E-state index in [1.165, 1.54) is 29.2 Å². The van der Waals surface area contributed by atoms with E-state index in [0.717, 1.165) is 4.47 Å². The summed E-state index contributed by atoms with van der Waals surface area (Å²) < 4.78 is 5.83. The summed E-state index contributed by atoms with van der Waals surface area (Å²) in [5.41, 5.74) is 1.00. The third-order valence-electron chi connectivity index (χ3n) is 5.77. The largest absolute Gasteiger partial charge is 0.452 e. The molecule has 7 nitrogen and oxygen atoms in total. The van der Waals surface area contributed by atoms with Crippen LogP contribution < -0.4 is 10.2 Å². The van der Waals surface area contributed by atoms with Crippen molar-refractivity contribution in [1.82, 2.24) is 0 Å². The van der Waals surface area contributed by atoms with Crippen LogP contribution in [0, 0.1) is 17.8 Å². The van der Waals surface area contributed by atoms with Gasteiger partial charge in [0.05, 0.1) is 33.8 Å². The molecular formula is C24H20BrClN2O5. The van der Waals surface area contributed by atoms with E-state index in [1.54, 1.807) is 18.2 Å². The highest BCUT2D eigenvalue weighted by molar-refractivity contribution is 9.10. The van der Waals surface area contributed by atoms with Gasteiger partial charge in [-0.2, -0.15) is 0 Å². The molecule has 9 heteroatoms. The lowest BCUT2D eigenvalue weighted by atomic mass is 9.78. The summed E-state index contributed by atoms with van der Waals surface area (Å²) in [5, 5.41) is 2.92. The number of hydrogen-bond donors (Lipinski definition) is 1. The van der Waals surface area contributed by atoms with E-state index in [0.29, 0.717) is 22.8 Å². The molecule has 0 saturated carbocycles. The maximum absolute atomic E-state index is 12.9. The lowest BCUT2D eigenvalue weighted by Crippen LogP contribution is -2.31. The van der Waals surface area contributed by atoms with Crippen molar-refractivity contribution in [2.45, 2.75) is 13.3 Å². The number of carbonyl (C=O) groups is 4. The fourth-order valence-electron chi connectivity index (χ4n) is 4.14. The van der Waals surface area contributed by atoms with E-state index in [9.17, 15) is 19.2 Å². The molecule has 0 unspecified atom stereocenters. The Labute approximate surface area is 203 Å². The molecule has 1 aliphatic carbocycles. The van der Waals surface area contributed by atoms with Gasteiger partial charge in [-0.3, -0.25) is 19.3 Å². The highest BCUT2D eigenvalue weighted by atomic mass is 79.9. The van der Waals surface area contributed by atoms with Crippen LogP contribution in [0.1, 0.15) is 23.7 Å². The Morgan fingerprint density at radius 3 is 2.55 bits per heavy atom. The van der Waals surface area contributed by atoms with Crippen molar-refractivity contribution >= 4 is 62.6 Å². The topological polar surface area (TPSA) is 92.8 Å². The molecule has 1 heterocycles. The van der Waals surface area contributed by atoms with Gasteiger partial charge in [-0.15, -0.1) is 0 Å². The summed E-state index contributed by atoms with van der Waals surface area (Å²) in [5.74, 6) is -2.39. The van der Waals surface area contributed by atoms with Gasteiger partial charge < -0.3 is 10.1 Å². The predicted octanol–water partition coefficient (Wildman–Crippen LogP) is 4.60. The second-order valence-electron chi connectivity index (χ2n) is 7.96. The Morgan fingerprint density at radius 2 is 1.88 bits per heavy atom. The highest BCUT2D eigenvalue weighted by Crippen LogP contribution is 2.40. The van der Waals surface area contributed by atoms with E-state index >= 15 is 0 Å². The van der Waals surface area contributed by atoms with Crippen LogP contribution in [-0.4, -0.2) is 30.3 Å². The molecule has 2 aromatic rings. The number of halogens is 2. The molecule has 3 atom stereocenters. The first-order chi connectivity index (χ1) is 15.8. The normalized spacial score (nSPS) is 21.7. The number of hydrogen-bond acceptors (Lipinski definition) is 5. The Bertz CT molecular complexity index is 1160. The number of rotatable bonds is 5. The van der Waals surface area contributed by atoms with E-state index in [-0.39, 0.29) is 35.1 Å². The van der Waals surface area contributed by atoms with Gasteiger partial charge in [0.15, 0.2) is 6.61 Å². The molecule has 0 bridgehead atoms. The van der Waals surface area contributed by atoms with E-state index in [1.807, 2.05) is 19.1 Å². The van der Waals surface area contributed by atoms with Crippen molar-refractivity contribution < 1.29 is 23.9 Å². The summed E-state index contributed by atoms with van der Waals surface area (Å²) in [7, 11) is 0. The number of nitrogens with zero attached hydrogens (tertiary/aromatic N) is 1. The molecule has 3 amide bonds. The molecule has 0 radical (unpaired) electrons. The van der Waals surface area contributed by atoms with Gasteiger partial charge in [0.25, 0.3) is 5.91 Å². The third-order valence-corrected chi connectivity index (χ3v) is 6.58. The number of ether oxygens (including phenoxy) is 1. The van der Waals surface area contributed by atoms with Gasteiger partial charge >= 0.3 is 5.97 Å². The lowest BCUT2D eigenvalue weighted by Gasteiger charge is -2.22. The minimum Gasteiger partial charge on any atom is -0.452 e. The first-order valence-electron chi connectivity index (χ1n) is 10.3. The van der Waals surface area contributed by atoms with Gasteiger partial charge in [-0.05, 0) is 54.8 Å². The van der Waals surface area contributed by atoms with Crippen LogP contribution in [-0.2, 0) is 19.1 Å². The molecule has 2 aliphatic rings. The number of benzene rings is 2. The summed E-state index contributed by atoms with van der Waals surface area (Å²) in [4.78, 5) is 51.3. The summed E-state index contributed by atoms with van der Waals surface area (Å²) in [6, 6.07) is 11.0. The van der Waals surface area contributed by atoms with Crippen LogP contribution in [0.3, 0.4) is 0 Å². The quantitative estimate of drug-likeness (QED) is 0.346. The maximum Gasteiger partial charge on any atom is 0.338 e. The predicted molar refractivity (Wildman–Crippen MR) is 127 cm³/mol. The van der Waals surface area contributed by atoms with Crippen LogP contribution in [0.4, 0.5) is 11.4 Å². The highest BCUT2D eigenvalue weighted by Gasteiger charge is 2.50. The Kier molecular flexibility index (Phi) is 6.67. The van der Waals surface area contributed by atoms with Crippen molar-refractivity contribution in [3.8, 4) is 0 Å². The van der Waals surface area contributed by atoms with Crippen molar-refractivity contribution in [3.05, 3.63) is 69.7 Å². The first kappa shape index (κ1) is 23.2. The number of anilines is 2. The van der Waals surface area contributed by atoms with Gasteiger partial charge in [0.1, 0.15) is 0 Å². The van der Waals surface area contributed by atoms with Gasteiger partial charge in [0, 0.05) is 4.47 Å².